The third-order valence-electron chi connectivity index (χ3n) is 1.33. The molecule has 0 spiro atoms. The highest BCUT2D eigenvalue weighted by atomic mass is 32.2. The number of ether oxygens (including phenoxy) is 1. The first kappa shape index (κ1) is 11.5. The lowest BCUT2D eigenvalue weighted by molar-refractivity contribution is -0.123. The van der Waals surface area contributed by atoms with E-state index in [0.29, 0.717) is 0 Å². The van der Waals surface area contributed by atoms with Gasteiger partial charge in [-0.2, -0.15) is 4.90 Å². The van der Waals surface area contributed by atoms with Gasteiger partial charge >= 0.3 is 6.09 Å². The lowest BCUT2D eigenvalue weighted by Gasteiger charge is -2.22. The van der Waals surface area contributed by atoms with Crippen molar-refractivity contribution in [2.45, 2.75) is 26.4 Å². The Hall–Kier alpha value is -0.620. The Balaban J connectivity index is 2.70. The van der Waals surface area contributed by atoms with Crippen LogP contribution in [0, 0.1) is 0 Å². The van der Waals surface area contributed by atoms with Crippen LogP contribution in [0.1, 0.15) is 20.8 Å². The fourth-order valence-corrected chi connectivity index (χ4v) is 1.87. The van der Waals surface area contributed by atoms with Crippen LogP contribution in [0.3, 0.4) is 0 Å². The maximum Gasteiger partial charge on any atom is 0.422 e. The van der Waals surface area contributed by atoms with Gasteiger partial charge < -0.3 is 4.74 Å². The number of carbonyl (C=O) groups is 2. The second kappa shape index (κ2) is 3.86. The van der Waals surface area contributed by atoms with Crippen LogP contribution in [0.25, 0.3) is 0 Å². The van der Waals surface area contributed by atoms with Crippen LogP contribution in [-0.4, -0.2) is 32.6 Å². The molecular formula is C8H11NO3S2. The summed E-state index contributed by atoms with van der Waals surface area (Å²) < 4.78 is 5.30. The van der Waals surface area contributed by atoms with E-state index in [0.717, 1.165) is 4.90 Å². The largest absolute Gasteiger partial charge is 0.443 e. The number of hydrogen-bond acceptors (Lipinski definition) is 5. The molecule has 4 nitrogen and oxygen atoms in total. The Kier molecular flexibility index (Phi) is 3.16. The van der Waals surface area contributed by atoms with E-state index in [4.69, 9.17) is 17.0 Å². The van der Waals surface area contributed by atoms with Gasteiger partial charge in [-0.25, -0.2) is 4.79 Å². The van der Waals surface area contributed by atoms with E-state index in [1.54, 1.807) is 20.8 Å². The van der Waals surface area contributed by atoms with Crippen molar-refractivity contribution in [2.75, 3.05) is 5.75 Å². The normalized spacial score (nSPS) is 17.5. The van der Waals surface area contributed by atoms with E-state index >= 15 is 0 Å². The maximum atomic E-state index is 11.5. The van der Waals surface area contributed by atoms with Crippen LogP contribution >= 0.6 is 24.0 Å². The van der Waals surface area contributed by atoms with E-state index < -0.39 is 11.7 Å². The fourth-order valence-electron chi connectivity index (χ4n) is 0.838. The summed E-state index contributed by atoms with van der Waals surface area (Å²) in [5.74, 6) is -0.0906. The smallest absolute Gasteiger partial charge is 0.422 e. The molecule has 0 aromatic carbocycles. The molecule has 0 aromatic rings. The molecule has 2 amide bonds. The number of thioether (sulfide) groups is 1. The van der Waals surface area contributed by atoms with Gasteiger partial charge in [-0.1, -0.05) is 24.0 Å². The molecule has 1 saturated heterocycles. The van der Waals surface area contributed by atoms with E-state index in [1.807, 2.05) is 0 Å². The summed E-state index contributed by atoms with van der Waals surface area (Å²) >= 11 is 6.02. The van der Waals surface area contributed by atoms with E-state index in [9.17, 15) is 9.59 Å². The minimum absolute atomic E-state index is 0.220. The van der Waals surface area contributed by atoms with Gasteiger partial charge in [0.05, 0.1) is 5.75 Å². The molecule has 1 heterocycles. The molecule has 0 radical (unpaired) electrons. The Bertz CT molecular complexity index is 279. The average Bonchev–Trinajstić information content (AvgIpc) is 2.27. The predicted octanol–water partition coefficient (Wildman–Crippen LogP) is 1.78. The van der Waals surface area contributed by atoms with Crippen LogP contribution in [0.2, 0.25) is 0 Å². The number of nitrogens with zero attached hydrogens (tertiary/aromatic N) is 1. The van der Waals surface area contributed by atoms with Crippen molar-refractivity contribution in [1.82, 2.24) is 4.90 Å². The number of imide groups is 1. The molecule has 78 valence electrons. The molecular weight excluding hydrogens is 222 g/mol. The SMILES string of the molecule is CC(C)(C)OC(=O)N1C(=O)CSC1=S. The zero-order chi connectivity index (χ0) is 10.9. The molecule has 0 saturated carbocycles. The zero-order valence-corrected chi connectivity index (χ0v) is 9.83. The standard InChI is InChI=1S/C8H11NO3S2/c1-8(2,3)12-6(11)9-5(10)4-14-7(9)13/h4H2,1-3H3. The molecule has 0 atom stereocenters. The van der Waals surface area contributed by atoms with Crippen LogP contribution in [0.4, 0.5) is 4.79 Å². The third-order valence-corrected chi connectivity index (χ3v) is 2.68. The number of thiocarbonyl (C=S) groups is 1. The van der Waals surface area contributed by atoms with Crippen molar-refractivity contribution < 1.29 is 14.3 Å². The van der Waals surface area contributed by atoms with Crippen molar-refractivity contribution in [3.8, 4) is 0 Å². The van der Waals surface area contributed by atoms with Gasteiger partial charge in [0, 0.05) is 0 Å². The summed E-state index contributed by atoms with van der Waals surface area (Å²) in [4.78, 5) is 23.6. The van der Waals surface area contributed by atoms with Crippen LogP contribution in [-0.2, 0) is 9.53 Å². The van der Waals surface area contributed by atoms with Gasteiger partial charge in [-0.15, -0.1) is 0 Å². The first-order chi connectivity index (χ1) is 6.31. The predicted molar refractivity (Wildman–Crippen MR) is 58.1 cm³/mol. The van der Waals surface area contributed by atoms with Crippen molar-refractivity contribution in [1.29, 1.82) is 0 Å². The second-order valence-electron chi connectivity index (χ2n) is 3.76. The lowest BCUT2D eigenvalue weighted by Crippen LogP contribution is -2.39. The van der Waals surface area contributed by atoms with E-state index in [1.165, 1.54) is 11.8 Å². The number of rotatable bonds is 0. The third kappa shape index (κ3) is 2.68. The highest BCUT2D eigenvalue weighted by Gasteiger charge is 2.35. The van der Waals surface area contributed by atoms with E-state index in [2.05, 4.69) is 0 Å². The Labute approximate surface area is 92.0 Å². The second-order valence-corrected chi connectivity index (χ2v) is 5.37. The topological polar surface area (TPSA) is 46.6 Å². The first-order valence-corrected chi connectivity index (χ1v) is 5.43. The highest BCUT2D eigenvalue weighted by Crippen LogP contribution is 2.21. The molecule has 6 heteroatoms. The molecule has 14 heavy (non-hydrogen) atoms. The molecule has 1 aliphatic rings. The molecule has 0 unspecified atom stereocenters. The van der Waals surface area contributed by atoms with Crippen molar-refractivity contribution >= 4 is 40.3 Å². The average molecular weight is 233 g/mol. The van der Waals surface area contributed by atoms with Crippen LogP contribution < -0.4 is 0 Å². The number of amides is 2. The Morgan fingerprint density at radius 2 is 2.14 bits per heavy atom. The monoisotopic (exact) mass is 233 g/mol. The summed E-state index contributed by atoms with van der Waals surface area (Å²) in [6.45, 7) is 5.21. The molecule has 1 aliphatic heterocycles. The molecule has 0 N–H and O–H groups in total. The van der Waals surface area contributed by atoms with Gasteiger partial charge in [0.1, 0.15) is 5.60 Å². The van der Waals surface area contributed by atoms with Gasteiger partial charge in [0.15, 0.2) is 4.32 Å². The highest BCUT2D eigenvalue weighted by molar-refractivity contribution is 8.24. The summed E-state index contributed by atoms with van der Waals surface area (Å²) in [5, 5.41) is 0. The molecule has 1 rings (SSSR count). The Morgan fingerprint density at radius 1 is 1.57 bits per heavy atom. The molecule has 0 bridgehead atoms. The van der Waals surface area contributed by atoms with Crippen molar-refractivity contribution in [3.63, 3.8) is 0 Å². The van der Waals surface area contributed by atoms with Crippen LogP contribution in [0.15, 0.2) is 0 Å². The maximum absolute atomic E-state index is 11.5. The van der Waals surface area contributed by atoms with Gasteiger partial charge in [0.25, 0.3) is 0 Å². The Morgan fingerprint density at radius 3 is 2.50 bits per heavy atom. The quantitative estimate of drug-likeness (QED) is 0.597. The zero-order valence-electron chi connectivity index (χ0n) is 8.20. The minimum atomic E-state index is -0.683. The number of carbonyl (C=O) groups excluding carboxylic acids is 2. The first-order valence-electron chi connectivity index (χ1n) is 4.04. The molecule has 0 aromatic heterocycles. The van der Waals surface area contributed by atoms with Gasteiger partial charge in [-0.3, -0.25) is 4.79 Å². The fraction of sp³-hybridized carbons (Fsp3) is 0.625. The summed E-state index contributed by atoms with van der Waals surface area (Å²) in [6.07, 6.45) is -0.683. The molecule has 0 aliphatic carbocycles. The summed E-state index contributed by atoms with van der Waals surface area (Å²) in [7, 11) is 0. The van der Waals surface area contributed by atoms with E-state index in [-0.39, 0.29) is 16.0 Å². The lowest BCUT2D eigenvalue weighted by atomic mass is 10.2. The summed E-state index contributed by atoms with van der Waals surface area (Å²) in [5.41, 5.74) is -0.611. The van der Waals surface area contributed by atoms with Crippen molar-refractivity contribution in [3.05, 3.63) is 0 Å². The molecule has 1 fully saturated rings. The van der Waals surface area contributed by atoms with Gasteiger partial charge in [0.2, 0.25) is 5.91 Å². The van der Waals surface area contributed by atoms with Crippen molar-refractivity contribution in [2.24, 2.45) is 0 Å². The minimum Gasteiger partial charge on any atom is -0.443 e. The number of hydrogen-bond donors (Lipinski definition) is 0. The van der Waals surface area contributed by atoms with Crippen LogP contribution in [0.5, 0.6) is 0 Å². The summed E-state index contributed by atoms with van der Waals surface area (Å²) in [6, 6.07) is 0. The van der Waals surface area contributed by atoms with Gasteiger partial charge in [-0.05, 0) is 20.8 Å².